The Morgan fingerprint density at radius 3 is 2.71 bits per heavy atom. The molecule has 200 valence electrons. The lowest BCUT2D eigenvalue weighted by Gasteiger charge is -2.17. The van der Waals surface area contributed by atoms with Gasteiger partial charge in [0.1, 0.15) is 23.6 Å². The second-order valence-corrected chi connectivity index (χ2v) is 8.11. The molecule has 38 heavy (non-hydrogen) atoms. The summed E-state index contributed by atoms with van der Waals surface area (Å²) in [4.78, 5) is 33.9. The monoisotopic (exact) mass is 535 g/mol. The van der Waals surface area contributed by atoms with Crippen molar-refractivity contribution in [3.63, 3.8) is 0 Å². The van der Waals surface area contributed by atoms with E-state index >= 15 is 0 Å². The predicted octanol–water partition coefficient (Wildman–Crippen LogP) is 2.31. The minimum atomic E-state index is -4.77. The van der Waals surface area contributed by atoms with Crippen LogP contribution in [0.25, 0.3) is 16.8 Å². The Kier molecular flexibility index (Phi) is 7.24. The van der Waals surface area contributed by atoms with Crippen molar-refractivity contribution in [2.24, 2.45) is 0 Å². The number of amides is 2. The SMILES string of the molecule is CC#CCOC(=O)N1C[C@H](F)[C@H](NC(=O)c2cc(-c3cc(C(F)(F)F)c4c(N)ncnn34)cnc2OC)C1. The van der Waals surface area contributed by atoms with E-state index in [1.165, 1.54) is 19.4 Å². The number of rotatable bonds is 5. The van der Waals surface area contributed by atoms with Gasteiger partial charge < -0.3 is 25.4 Å². The first kappa shape index (κ1) is 26.5. The molecule has 0 aromatic carbocycles. The normalized spacial score (nSPS) is 17.2. The number of hydrogen-bond donors (Lipinski definition) is 2. The van der Waals surface area contributed by atoms with E-state index in [1.54, 1.807) is 6.92 Å². The van der Waals surface area contributed by atoms with E-state index in [0.29, 0.717) is 0 Å². The quantitative estimate of drug-likeness (QED) is 0.375. The molecule has 4 rings (SSSR count). The fraction of sp³-hybridized carbons (Fsp3) is 0.348. The van der Waals surface area contributed by atoms with E-state index in [-0.39, 0.29) is 42.4 Å². The minimum Gasteiger partial charge on any atom is -0.480 e. The summed E-state index contributed by atoms with van der Waals surface area (Å²) in [5.41, 5.74) is 3.98. The van der Waals surface area contributed by atoms with Crippen LogP contribution in [-0.4, -0.2) is 75.5 Å². The molecule has 0 radical (unpaired) electrons. The maximum absolute atomic E-state index is 14.6. The lowest BCUT2D eigenvalue weighted by molar-refractivity contribution is -0.136. The molecular formula is C23H21F4N7O4. The number of hydrogen-bond acceptors (Lipinski definition) is 8. The van der Waals surface area contributed by atoms with Gasteiger partial charge in [-0.05, 0) is 19.1 Å². The van der Waals surface area contributed by atoms with Crippen LogP contribution in [0.5, 0.6) is 5.88 Å². The van der Waals surface area contributed by atoms with Crippen molar-refractivity contribution in [2.75, 3.05) is 32.5 Å². The Bertz CT molecular complexity index is 1450. The van der Waals surface area contributed by atoms with Crippen LogP contribution in [0.1, 0.15) is 22.8 Å². The second kappa shape index (κ2) is 10.4. The van der Waals surface area contributed by atoms with Gasteiger partial charge in [0, 0.05) is 18.3 Å². The van der Waals surface area contributed by atoms with Crippen LogP contribution in [-0.2, 0) is 10.9 Å². The first-order valence-electron chi connectivity index (χ1n) is 11.0. The number of pyridine rings is 1. The van der Waals surface area contributed by atoms with E-state index in [2.05, 4.69) is 32.2 Å². The number of fused-ring (bicyclic) bond motifs is 1. The Hall–Kier alpha value is -4.61. The number of halogens is 4. The van der Waals surface area contributed by atoms with Gasteiger partial charge in [0.2, 0.25) is 5.88 Å². The summed E-state index contributed by atoms with van der Waals surface area (Å²) in [6.45, 7) is 0.935. The van der Waals surface area contributed by atoms with Gasteiger partial charge in [-0.2, -0.15) is 18.3 Å². The molecule has 3 N–H and O–H groups in total. The average molecular weight is 535 g/mol. The zero-order chi connectivity index (χ0) is 27.6. The number of nitrogen functional groups attached to an aromatic ring is 1. The minimum absolute atomic E-state index is 0.0704. The Labute approximate surface area is 212 Å². The molecule has 0 unspecified atom stereocenters. The highest BCUT2D eigenvalue weighted by Gasteiger charge is 2.38. The number of methoxy groups -OCH3 is 1. The van der Waals surface area contributed by atoms with Gasteiger partial charge in [-0.1, -0.05) is 5.92 Å². The van der Waals surface area contributed by atoms with E-state index in [1.807, 2.05) is 0 Å². The van der Waals surface area contributed by atoms with Crippen molar-refractivity contribution < 1.29 is 36.6 Å². The maximum Gasteiger partial charge on any atom is 0.418 e. The zero-order valence-corrected chi connectivity index (χ0v) is 20.0. The molecule has 1 fully saturated rings. The molecule has 0 saturated carbocycles. The van der Waals surface area contributed by atoms with Crippen molar-refractivity contribution >= 4 is 23.3 Å². The highest BCUT2D eigenvalue weighted by atomic mass is 19.4. The van der Waals surface area contributed by atoms with Gasteiger partial charge >= 0.3 is 12.3 Å². The molecule has 11 nitrogen and oxygen atoms in total. The molecule has 2 atom stereocenters. The number of ether oxygens (including phenoxy) is 2. The predicted molar refractivity (Wildman–Crippen MR) is 125 cm³/mol. The van der Waals surface area contributed by atoms with E-state index in [9.17, 15) is 27.2 Å². The summed E-state index contributed by atoms with van der Waals surface area (Å²) in [7, 11) is 1.24. The number of aromatic nitrogens is 4. The third-order valence-electron chi connectivity index (χ3n) is 5.74. The van der Waals surface area contributed by atoms with Crippen molar-refractivity contribution in [1.29, 1.82) is 0 Å². The number of nitrogens with one attached hydrogen (secondary N) is 1. The standard InChI is InChI=1S/C23H21F4N7O4/c1-3-4-5-38-22(36)33-9-15(24)16(10-33)32-20(35)13-6-12(8-29-21(13)37-2)17-7-14(23(25,26)27)18-19(28)30-11-31-34(17)18/h6-8,11,15-16H,5,9-10H2,1-2H3,(H,32,35)(H2,28,30,31)/t15-,16+/m0/s1. The number of nitrogens with two attached hydrogens (primary N) is 1. The zero-order valence-electron chi connectivity index (χ0n) is 20.0. The molecule has 3 aromatic rings. The second-order valence-electron chi connectivity index (χ2n) is 8.11. The van der Waals surface area contributed by atoms with E-state index in [4.69, 9.17) is 15.2 Å². The highest BCUT2D eigenvalue weighted by Crippen LogP contribution is 2.39. The Morgan fingerprint density at radius 2 is 2.03 bits per heavy atom. The Balaban J connectivity index is 1.63. The molecule has 1 aliphatic heterocycles. The summed E-state index contributed by atoms with van der Waals surface area (Å²) in [5.74, 6) is 3.75. The molecule has 0 bridgehead atoms. The third kappa shape index (κ3) is 5.10. The smallest absolute Gasteiger partial charge is 0.418 e. The molecule has 4 heterocycles. The average Bonchev–Trinajstić information content (AvgIpc) is 3.45. The molecule has 0 spiro atoms. The van der Waals surface area contributed by atoms with Crippen LogP contribution in [0, 0.1) is 11.8 Å². The topological polar surface area (TPSA) is 137 Å². The summed E-state index contributed by atoms with van der Waals surface area (Å²) in [6, 6.07) is 0.963. The lowest BCUT2D eigenvalue weighted by atomic mass is 10.1. The van der Waals surface area contributed by atoms with Crippen molar-refractivity contribution in [2.45, 2.75) is 25.3 Å². The maximum atomic E-state index is 14.6. The van der Waals surface area contributed by atoms with Crippen LogP contribution in [0.2, 0.25) is 0 Å². The van der Waals surface area contributed by atoms with Crippen LogP contribution in [0.15, 0.2) is 24.7 Å². The third-order valence-corrected chi connectivity index (χ3v) is 5.74. The Morgan fingerprint density at radius 1 is 1.26 bits per heavy atom. The fourth-order valence-electron chi connectivity index (χ4n) is 3.96. The van der Waals surface area contributed by atoms with Crippen molar-refractivity contribution in [3.8, 4) is 29.0 Å². The summed E-state index contributed by atoms with van der Waals surface area (Å²) in [6.07, 6.45) is -4.97. The first-order chi connectivity index (χ1) is 18.0. The van der Waals surface area contributed by atoms with Gasteiger partial charge in [-0.3, -0.25) is 4.79 Å². The molecule has 0 aliphatic carbocycles. The summed E-state index contributed by atoms with van der Waals surface area (Å²) in [5, 5.41) is 6.36. The lowest BCUT2D eigenvalue weighted by Crippen LogP contribution is -2.42. The number of anilines is 1. The molecule has 15 heteroatoms. The van der Waals surface area contributed by atoms with E-state index < -0.39 is 47.3 Å². The molecule has 2 amide bonds. The van der Waals surface area contributed by atoms with E-state index in [0.717, 1.165) is 21.8 Å². The van der Waals surface area contributed by atoms with Crippen LogP contribution >= 0.6 is 0 Å². The van der Waals surface area contributed by atoms with Gasteiger partial charge in [-0.25, -0.2) is 23.7 Å². The summed E-state index contributed by atoms with van der Waals surface area (Å²) >= 11 is 0. The highest BCUT2D eigenvalue weighted by molar-refractivity contribution is 5.98. The number of carbonyl (C=O) groups excluding carboxylic acids is 2. The van der Waals surface area contributed by atoms with Crippen LogP contribution < -0.4 is 15.8 Å². The number of alkyl halides is 4. The molecule has 1 aliphatic rings. The molecular weight excluding hydrogens is 514 g/mol. The fourth-order valence-corrected chi connectivity index (χ4v) is 3.96. The van der Waals surface area contributed by atoms with Crippen molar-refractivity contribution in [1.82, 2.24) is 29.8 Å². The molecule has 1 saturated heterocycles. The largest absolute Gasteiger partial charge is 0.480 e. The van der Waals surface area contributed by atoms with Gasteiger partial charge in [0.15, 0.2) is 12.4 Å². The van der Waals surface area contributed by atoms with Crippen molar-refractivity contribution in [3.05, 3.63) is 35.8 Å². The number of carbonyl (C=O) groups is 2. The van der Waals surface area contributed by atoms with Crippen LogP contribution in [0.4, 0.5) is 28.2 Å². The summed E-state index contributed by atoms with van der Waals surface area (Å²) < 4.78 is 66.7. The van der Waals surface area contributed by atoms with Gasteiger partial charge in [0.25, 0.3) is 5.91 Å². The number of likely N-dealkylation sites (tertiary alicyclic amines) is 1. The first-order valence-corrected chi connectivity index (χ1v) is 11.0. The molecule has 3 aromatic heterocycles. The van der Waals surface area contributed by atoms with Gasteiger partial charge in [0.05, 0.1) is 31.0 Å². The van der Waals surface area contributed by atoms with Gasteiger partial charge in [-0.15, -0.1) is 5.92 Å². The van der Waals surface area contributed by atoms with Crippen LogP contribution in [0.3, 0.4) is 0 Å². The number of nitrogens with zero attached hydrogens (tertiary/aromatic N) is 5.